The zero-order valence-corrected chi connectivity index (χ0v) is 13.9. The number of para-hydroxylation sites is 1. The molecule has 6 heteroatoms. The van der Waals surface area contributed by atoms with E-state index in [0.29, 0.717) is 13.1 Å². The minimum absolute atomic E-state index is 0.145. The van der Waals surface area contributed by atoms with Crippen molar-refractivity contribution >= 4 is 27.6 Å². The Morgan fingerprint density at radius 1 is 1.30 bits per heavy atom. The lowest BCUT2D eigenvalue weighted by atomic mass is 10.1. The summed E-state index contributed by atoms with van der Waals surface area (Å²) in [5.74, 6) is 0.212. The molecule has 2 unspecified atom stereocenters. The highest BCUT2D eigenvalue weighted by Crippen LogP contribution is 2.24. The number of aliphatic hydroxyl groups excluding tert-OH is 1. The van der Waals surface area contributed by atoms with Crippen LogP contribution in [0.15, 0.2) is 24.3 Å². The number of nitrogens with one attached hydrogen (secondary N) is 2. The van der Waals surface area contributed by atoms with E-state index >= 15 is 0 Å². The maximum absolute atomic E-state index is 11.7. The van der Waals surface area contributed by atoms with Gasteiger partial charge in [0.25, 0.3) is 0 Å². The van der Waals surface area contributed by atoms with Gasteiger partial charge in [0.2, 0.25) is 0 Å². The van der Waals surface area contributed by atoms with Crippen molar-refractivity contribution in [1.82, 2.24) is 15.6 Å². The molecule has 2 atom stereocenters. The molecule has 0 radical (unpaired) electrons. The van der Waals surface area contributed by atoms with Gasteiger partial charge in [0, 0.05) is 25.4 Å². The van der Waals surface area contributed by atoms with Gasteiger partial charge in [-0.15, -0.1) is 11.3 Å². The molecule has 0 bridgehead atoms. The molecule has 1 heterocycles. The van der Waals surface area contributed by atoms with Crippen LogP contribution < -0.4 is 10.6 Å². The van der Waals surface area contributed by atoms with Gasteiger partial charge >= 0.3 is 6.03 Å². The van der Waals surface area contributed by atoms with Crippen LogP contribution in [-0.4, -0.2) is 35.3 Å². The minimum atomic E-state index is -0.255. The van der Waals surface area contributed by atoms with Gasteiger partial charge in [-0.1, -0.05) is 18.6 Å². The third-order valence-electron chi connectivity index (χ3n) is 4.33. The van der Waals surface area contributed by atoms with Crippen molar-refractivity contribution in [2.45, 2.75) is 38.2 Å². The van der Waals surface area contributed by atoms with Crippen LogP contribution in [0.25, 0.3) is 10.2 Å². The van der Waals surface area contributed by atoms with Crippen molar-refractivity contribution in [3.63, 3.8) is 0 Å². The summed E-state index contributed by atoms with van der Waals surface area (Å²) >= 11 is 1.72. The van der Waals surface area contributed by atoms with Gasteiger partial charge in [0.05, 0.1) is 21.3 Å². The Hall–Kier alpha value is -1.66. The van der Waals surface area contributed by atoms with Crippen LogP contribution in [0.5, 0.6) is 0 Å². The Kier molecular flexibility index (Phi) is 5.46. The van der Waals surface area contributed by atoms with E-state index in [1.165, 1.54) is 4.70 Å². The van der Waals surface area contributed by atoms with Crippen LogP contribution in [-0.2, 0) is 6.42 Å². The van der Waals surface area contributed by atoms with E-state index in [0.717, 1.165) is 42.6 Å². The molecule has 1 aromatic heterocycles. The number of carbonyl (C=O) groups excluding carboxylic acids is 1. The summed E-state index contributed by atoms with van der Waals surface area (Å²) in [5, 5.41) is 16.6. The number of rotatable bonds is 6. The minimum Gasteiger partial charge on any atom is -0.393 e. The first kappa shape index (κ1) is 16.2. The largest absolute Gasteiger partial charge is 0.393 e. The summed E-state index contributed by atoms with van der Waals surface area (Å²) in [6, 6.07) is 7.99. The third kappa shape index (κ3) is 4.42. The highest BCUT2D eigenvalue weighted by atomic mass is 32.1. The fourth-order valence-electron chi connectivity index (χ4n) is 3.01. The van der Waals surface area contributed by atoms with Crippen molar-refractivity contribution in [3.8, 4) is 0 Å². The molecular formula is C17H23N3O2S. The summed E-state index contributed by atoms with van der Waals surface area (Å²) in [6.45, 7) is 1.19. The molecule has 1 aromatic carbocycles. The lowest BCUT2D eigenvalue weighted by Crippen LogP contribution is -2.40. The first-order valence-electron chi connectivity index (χ1n) is 8.26. The van der Waals surface area contributed by atoms with E-state index in [4.69, 9.17) is 0 Å². The summed E-state index contributed by atoms with van der Waals surface area (Å²) in [7, 11) is 0. The number of nitrogens with zero attached hydrogens (tertiary/aromatic N) is 1. The van der Waals surface area contributed by atoms with Crippen LogP contribution in [0.4, 0.5) is 4.79 Å². The summed E-state index contributed by atoms with van der Waals surface area (Å²) in [4.78, 5) is 16.3. The molecule has 3 rings (SSSR count). The van der Waals surface area contributed by atoms with Crippen LogP contribution in [0, 0.1) is 5.92 Å². The molecule has 23 heavy (non-hydrogen) atoms. The normalized spacial score (nSPS) is 20.7. The number of amides is 2. The van der Waals surface area contributed by atoms with E-state index < -0.39 is 0 Å². The molecule has 5 nitrogen and oxygen atoms in total. The number of hydrogen-bond acceptors (Lipinski definition) is 4. The van der Waals surface area contributed by atoms with E-state index in [1.54, 1.807) is 11.3 Å². The number of fused-ring (bicyclic) bond motifs is 1. The molecule has 1 fully saturated rings. The van der Waals surface area contributed by atoms with Crippen LogP contribution in [0.2, 0.25) is 0 Å². The Labute approximate surface area is 140 Å². The Balaban J connectivity index is 1.33. The zero-order valence-electron chi connectivity index (χ0n) is 13.1. The molecular weight excluding hydrogens is 310 g/mol. The highest BCUT2D eigenvalue weighted by molar-refractivity contribution is 7.18. The lowest BCUT2D eigenvalue weighted by Gasteiger charge is -2.15. The van der Waals surface area contributed by atoms with E-state index in [-0.39, 0.29) is 18.1 Å². The quantitative estimate of drug-likeness (QED) is 0.712. The molecule has 1 aliphatic carbocycles. The number of hydrogen-bond donors (Lipinski definition) is 3. The molecule has 1 saturated carbocycles. The van der Waals surface area contributed by atoms with Crippen molar-refractivity contribution in [2.75, 3.05) is 13.1 Å². The van der Waals surface area contributed by atoms with Gasteiger partial charge in [-0.3, -0.25) is 0 Å². The Morgan fingerprint density at radius 3 is 2.96 bits per heavy atom. The third-order valence-corrected chi connectivity index (χ3v) is 5.43. The first-order chi connectivity index (χ1) is 11.2. The molecule has 0 aliphatic heterocycles. The van der Waals surface area contributed by atoms with Crippen LogP contribution in [0.3, 0.4) is 0 Å². The van der Waals surface area contributed by atoms with Gasteiger partial charge in [-0.25, -0.2) is 9.78 Å². The maximum Gasteiger partial charge on any atom is 0.314 e. The number of benzene rings is 1. The van der Waals surface area contributed by atoms with Gasteiger partial charge in [0.1, 0.15) is 0 Å². The molecule has 2 aromatic rings. The smallest absolute Gasteiger partial charge is 0.314 e. The topological polar surface area (TPSA) is 74.2 Å². The van der Waals surface area contributed by atoms with Crippen molar-refractivity contribution in [1.29, 1.82) is 0 Å². The molecule has 2 amide bonds. The van der Waals surface area contributed by atoms with Gasteiger partial charge < -0.3 is 15.7 Å². The predicted molar refractivity (Wildman–Crippen MR) is 92.7 cm³/mol. The van der Waals surface area contributed by atoms with E-state index in [9.17, 15) is 9.90 Å². The number of aliphatic hydroxyl groups is 1. The molecule has 124 valence electrons. The zero-order chi connectivity index (χ0) is 16.1. The fraction of sp³-hybridized carbons (Fsp3) is 0.529. The second-order valence-electron chi connectivity index (χ2n) is 6.07. The fourth-order valence-corrected chi connectivity index (χ4v) is 4.02. The summed E-state index contributed by atoms with van der Waals surface area (Å²) in [6.07, 6.45) is 4.40. The summed E-state index contributed by atoms with van der Waals surface area (Å²) < 4.78 is 1.21. The predicted octanol–water partition coefficient (Wildman–Crippen LogP) is 2.69. The SMILES string of the molecule is O=C(NCCCc1nc2ccccc2s1)NCC1CCCC1O. The average molecular weight is 333 g/mol. The van der Waals surface area contributed by atoms with Crippen molar-refractivity contribution in [2.24, 2.45) is 5.92 Å². The van der Waals surface area contributed by atoms with Crippen molar-refractivity contribution in [3.05, 3.63) is 29.3 Å². The standard InChI is InChI=1S/C17H23N3O2S/c21-14-7-3-5-12(14)11-19-17(22)18-10-4-9-16-20-13-6-1-2-8-15(13)23-16/h1-2,6,8,12,14,21H,3-5,7,9-11H2,(H2,18,19,22). The van der Waals surface area contributed by atoms with E-state index in [2.05, 4.69) is 21.7 Å². The number of thiazole rings is 1. The highest BCUT2D eigenvalue weighted by Gasteiger charge is 2.25. The number of urea groups is 1. The van der Waals surface area contributed by atoms with Gasteiger partial charge in [-0.2, -0.15) is 0 Å². The molecule has 3 N–H and O–H groups in total. The van der Waals surface area contributed by atoms with E-state index in [1.807, 2.05) is 18.2 Å². The lowest BCUT2D eigenvalue weighted by molar-refractivity contribution is 0.132. The van der Waals surface area contributed by atoms with Crippen LogP contribution >= 0.6 is 11.3 Å². The van der Waals surface area contributed by atoms with Gasteiger partial charge in [-0.05, 0) is 31.4 Å². The average Bonchev–Trinajstić information content (AvgIpc) is 3.15. The Morgan fingerprint density at radius 2 is 2.17 bits per heavy atom. The first-order valence-corrected chi connectivity index (χ1v) is 9.08. The maximum atomic E-state index is 11.7. The van der Waals surface area contributed by atoms with Gasteiger partial charge in [0.15, 0.2) is 0 Å². The number of aryl methyl sites for hydroxylation is 1. The second-order valence-corrected chi connectivity index (χ2v) is 7.19. The number of aromatic nitrogens is 1. The summed E-state index contributed by atoms with van der Waals surface area (Å²) in [5.41, 5.74) is 1.05. The van der Waals surface area contributed by atoms with Crippen LogP contribution in [0.1, 0.15) is 30.7 Å². The molecule has 0 saturated heterocycles. The Bertz CT molecular complexity index is 625. The monoisotopic (exact) mass is 333 g/mol. The number of carbonyl (C=O) groups is 1. The molecule has 1 aliphatic rings. The second kappa shape index (κ2) is 7.75. The molecule has 0 spiro atoms. The van der Waals surface area contributed by atoms with Crippen molar-refractivity contribution < 1.29 is 9.90 Å².